The average Bonchev–Trinajstić information content (AvgIpc) is 3.09. The minimum atomic E-state index is -3.76. The second-order valence-electron chi connectivity index (χ2n) is 8.00. The normalized spacial score (nSPS) is 12.2. The summed E-state index contributed by atoms with van der Waals surface area (Å²) in [5.41, 5.74) is 4.45. The van der Waals surface area contributed by atoms with Gasteiger partial charge in [-0.3, -0.25) is 4.72 Å². The molecule has 0 aliphatic heterocycles. The molecular formula is C20H25N5O2S. The van der Waals surface area contributed by atoms with Crippen LogP contribution >= 0.6 is 0 Å². The fourth-order valence-electron chi connectivity index (χ4n) is 3.26. The van der Waals surface area contributed by atoms with E-state index in [0.29, 0.717) is 16.3 Å². The summed E-state index contributed by atoms with van der Waals surface area (Å²) in [7, 11) is -3.76. The fraction of sp³-hybridized carbons (Fsp3) is 0.350. The van der Waals surface area contributed by atoms with Crippen molar-refractivity contribution in [3.05, 3.63) is 58.9 Å². The smallest absolute Gasteiger partial charge is 0.262 e. The molecule has 0 aliphatic carbocycles. The lowest BCUT2D eigenvalue weighted by atomic mass is 9.85. The van der Waals surface area contributed by atoms with Gasteiger partial charge >= 0.3 is 0 Å². The molecule has 0 saturated heterocycles. The van der Waals surface area contributed by atoms with Crippen molar-refractivity contribution >= 4 is 15.7 Å². The Morgan fingerprint density at radius 1 is 1.04 bits per heavy atom. The molecule has 148 valence electrons. The molecule has 0 radical (unpaired) electrons. The fourth-order valence-corrected chi connectivity index (χ4v) is 4.84. The first kappa shape index (κ1) is 20.0. The maximum Gasteiger partial charge on any atom is 0.262 e. The number of hydrogen-bond donors (Lipinski definition) is 1. The lowest BCUT2D eigenvalue weighted by molar-refractivity contribution is 0.585. The Bertz CT molecular complexity index is 1090. The first-order chi connectivity index (χ1) is 13.0. The van der Waals surface area contributed by atoms with Gasteiger partial charge in [0.25, 0.3) is 10.0 Å². The Labute approximate surface area is 165 Å². The van der Waals surface area contributed by atoms with Crippen LogP contribution in [0.2, 0.25) is 0 Å². The van der Waals surface area contributed by atoms with Crippen LogP contribution < -0.4 is 4.72 Å². The van der Waals surface area contributed by atoms with Crippen LogP contribution in [0, 0.1) is 20.8 Å². The lowest BCUT2D eigenvalue weighted by Crippen LogP contribution is -2.19. The minimum absolute atomic E-state index is 0.0536. The molecule has 8 heteroatoms. The third-order valence-corrected chi connectivity index (χ3v) is 6.41. The summed E-state index contributed by atoms with van der Waals surface area (Å²) < 4.78 is 30.6. The second kappa shape index (κ2) is 7.01. The number of benzene rings is 2. The number of tetrazole rings is 1. The van der Waals surface area contributed by atoms with Crippen LogP contribution in [0.3, 0.4) is 0 Å². The van der Waals surface area contributed by atoms with E-state index >= 15 is 0 Å². The minimum Gasteiger partial charge on any atom is -0.279 e. The van der Waals surface area contributed by atoms with Crippen molar-refractivity contribution in [1.82, 2.24) is 20.2 Å². The molecule has 0 saturated carbocycles. The molecule has 0 aliphatic rings. The number of anilines is 1. The van der Waals surface area contributed by atoms with Crippen molar-refractivity contribution in [3.8, 4) is 5.69 Å². The average molecular weight is 400 g/mol. The highest BCUT2D eigenvalue weighted by Gasteiger charge is 2.24. The zero-order valence-corrected chi connectivity index (χ0v) is 17.8. The van der Waals surface area contributed by atoms with E-state index in [1.165, 1.54) is 11.0 Å². The lowest BCUT2D eigenvalue weighted by Gasteiger charge is -2.23. The van der Waals surface area contributed by atoms with Crippen LogP contribution in [0.1, 0.15) is 43.0 Å². The van der Waals surface area contributed by atoms with Crippen LogP contribution in [0.25, 0.3) is 5.69 Å². The first-order valence-corrected chi connectivity index (χ1v) is 10.5. The van der Waals surface area contributed by atoms with E-state index in [-0.39, 0.29) is 5.41 Å². The van der Waals surface area contributed by atoms with Crippen molar-refractivity contribution in [1.29, 1.82) is 0 Å². The van der Waals surface area contributed by atoms with Gasteiger partial charge in [-0.25, -0.2) is 13.1 Å². The van der Waals surface area contributed by atoms with Crippen LogP contribution in [-0.2, 0) is 15.4 Å². The van der Waals surface area contributed by atoms with Gasteiger partial charge in [0.05, 0.1) is 16.3 Å². The van der Waals surface area contributed by atoms with Gasteiger partial charge < -0.3 is 0 Å². The summed E-state index contributed by atoms with van der Waals surface area (Å²) in [6, 6.07) is 9.23. The zero-order valence-electron chi connectivity index (χ0n) is 17.0. The zero-order chi connectivity index (χ0) is 20.7. The van der Waals surface area contributed by atoms with Crippen LogP contribution in [0.4, 0.5) is 5.69 Å². The molecule has 0 amide bonds. The standard InChI is InChI=1S/C20H25N5O2S/c1-13-10-16(20(4,5)6)11-14(2)19(13)28(26,27)22-17-8-7-9-18(15(17)3)25-12-21-23-24-25/h7-12,22H,1-6H3. The number of hydrogen-bond acceptors (Lipinski definition) is 5. The Hall–Kier alpha value is -2.74. The first-order valence-electron chi connectivity index (χ1n) is 8.98. The van der Waals surface area contributed by atoms with E-state index in [9.17, 15) is 8.42 Å². The number of aromatic nitrogens is 4. The van der Waals surface area contributed by atoms with Crippen molar-refractivity contribution in [2.45, 2.75) is 51.9 Å². The summed E-state index contributed by atoms with van der Waals surface area (Å²) in [6.07, 6.45) is 1.47. The maximum atomic E-state index is 13.2. The topological polar surface area (TPSA) is 89.8 Å². The molecule has 28 heavy (non-hydrogen) atoms. The molecule has 1 N–H and O–H groups in total. The van der Waals surface area contributed by atoms with Gasteiger partial charge in [0.1, 0.15) is 6.33 Å². The third kappa shape index (κ3) is 3.77. The van der Waals surface area contributed by atoms with Gasteiger partial charge in [0, 0.05) is 0 Å². The number of nitrogens with one attached hydrogen (secondary N) is 1. The van der Waals surface area contributed by atoms with Crippen LogP contribution in [0.15, 0.2) is 41.6 Å². The largest absolute Gasteiger partial charge is 0.279 e. The Morgan fingerprint density at radius 3 is 2.21 bits per heavy atom. The van der Waals surface area contributed by atoms with E-state index in [1.807, 2.05) is 39.0 Å². The molecule has 3 rings (SSSR count). The molecule has 7 nitrogen and oxygen atoms in total. The van der Waals surface area contributed by atoms with E-state index in [2.05, 4.69) is 41.0 Å². The van der Waals surface area contributed by atoms with E-state index in [1.54, 1.807) is 12.1 Å². The summed E-state index contributed by atoms with van der Waals surface area (Å²) in [5.74, 6) is 0. The van der Waals surface area contributed by atoms with Gasteiger partial charge in [-0.15, -0.1) is 5.10 Å². The summed E-state index contributed by atoms with van der Waals surface area (Å²) in [5, 5.41) is 11.2. The van der Waals surface area contributed by atoms with Crippen molar-refractivity contribution in [3.63, 3.8) is 0 Å². The van der Waals surface area contributed by atoms with Gasteiger partial charge in [-0.1, -0.05) is 39.0 Å². The molecule has 3 aromatic rings. The van der Waals surface area contributed by atoms with E-state index in [4.69, 9.17) is 0 Å². The number of aryl methyl sites for hydroxylation is 2. The monoisotopic (exact) mass is 399 g/mol. The Balaban J connectivity index is 2.03. The van der Waals surface area contributed by atoms with Crippen molar-refractivity contribution < 1.29 is 8.42 Å². The highest BCUT2D eigenvalue weighted by atomic mass is 32.2. The molecule has 0 unspecified atom stereocenters. The van der Waals surface area contributed by atoms with Crippen molar-refractivity contribution in [2.75, 3.05) is 4.72 Å². The quantitative estimate of drug-likeness (QED) is 0.723. The highest BCUT2D eigenvalue weighted by Crippen LogP contribution is 2.31. The van der Waals surface area contributed by atoms with Gasteiger partial charge in [-0.05, 0) is 71.0 Å². The number of nitrogens with zero attached hydrogens (tertiary/aromatic N) is 4. The Kier molecular flexibility index (Phi) is 5.01. The van der Waals surface area contributed by atoms with E-state index in [0.717, 1.165) is 22.3 Å². The molecule has 0 bridgehead atoms. The summed E-state index contributed by atoms with van der Waals surface area (Å²) in [6.45, 7) is 11.8. The molecule has 0 atom stereocenters. The maximum absolute atomic E-state index is 13.2. The van der Waals surface area contributed by atoms with Crippen molar-refractivity contribution in [2.24, 2.45) is 0 Å². The number of rotatable bonds is 4. The van der Waals surface area contributed by atoms with E-state index < -0.39 is 10.0 Å². The number of sulfonamides is 1. The summed E-state index contributed by atoms with van der Waals surface area (Å²) >= 11 is 0. The summed E-state index contributed by atoms with van der Waals surface area (Å²) in [4.78, 5) is 0.313. The molecule has 0 spiro atoms. The predicted molar refractivity (Wildman–Crippen MR) is 109 cm³/mol. The van der Waals surface area contributed by atoms with Gasteiger partial charge in [0.2, 0.25) is 0 Å². The molecule has 1 heterocycles. The molecule has 0 fully saturated rings. The molecular weight excluding hydrogens is 374 g/mol. The van der Waals surface area contributed by atoms with Crippen LogP contribution in [-0.4, -0.2) is 28.6 Å². The van der Waals surface area contributed by atoms with Gasteiger partial charge in [-0.2, -0.15) is 0 Å². The predicted octanol–water partition coefficient (Wildman–Crippen LogP) is 3.69. The molecule has 2 aromatic carbocycles. The molecule has 1 aromatic heterocycles. The van der Waals surface area contributed by atoms with Gasteiger partial charge in [0.15, 0.2) is 0 Å². The highest BCUT2D eigenvalue weighted by molar-refractivity contribution is 7.92. The Morgan fingerprint density at radius 2 is 1.68 bits per heavy atom. The SMILES string of the molecule is Cc1cc(C(C)(C)C)cc(C)c1S(=O)(=O)Nc1cccc(-n2cnnn2)c1C. The van der Waals surface area contributed by atoms with Crippen LogP contribution in [0.5, 0.6) is 0 Å². The third-order valence-electron chi connectivity index (χ3n) is 4.74. The second-order valence-corrected chi connectivity index (χ2v) is 9.62.